The molecule has 1 saturated carbocycles. The summed E-state index contributed by atoms with van der Waals surface area (Å²) in [5.74, 6) is 0.394. The minimum absolute atomic E-state index is 0.0673. The summed E-state index contributed by atoms with van der Waals surface area (Å²) < 4.78 is 23.5. The Morgan fingerprint density at radius 3 is 2.55 bits per heavy atom. The van der Waals surface area contributed by atoms with Crippen LogP contribution in [0, 0.1) is 12.8 Å². The van der Waals surface area contributed by atoms with E-state index in [-0.39, 0.29) is 10.8 Å². The van der Waals surface area contributed by atoms with Crippen LogP contribution in [0.25, 0.3) is 0 Å². The predicted octanol–water partition coefficient (Wildman–Crippen LogP) is 3.17. The van der Waals surface area contributed by atoms with Gasteiger partial charge in [-0.25, -0.2) is 8.42 Å². The van der Waals surface area contributed by atoms with Crippen LogP contribution < -0.4 is 0 Å². The van der Waals surface area contributed by atoms with Crippen molar-refractivity contribution in [2.24, 2.45) is 5.92 Å². The van der Waals surface area contributed by atoms with Crippen molar-refractivity contribution in [3.05, 3.63) is 27.7 Å². The molecule has 1 fully saturated rings. The molecule has 0 atom stereocenters. The lowest BCUT2D eigenvalue weighted by atomic mass is 10.1. The van der Waals surface area contributed by atoms with Crippen LogP contribution in [-0.4, -0.2) is 32.8 Å². The third-order valence-electron chi connectivity index (χ3n) is 3.31. The minimum Gasteiger partial charge on any atom is -0.341 e. The maximum Gasteiger partial charge on any atom is 0.262 e. The van der Waals surface area contributed by atoms with Gasteiger partial charge in [0.05, 0.1) is 4.90 Å². The van der Waals surface area contributed by atoms with Crippen LogP contribution in [-0.2, 0) is 9.05 Å². The molecule has 0 radical (unpaired) electrons. The van der Waals surface area contributed by atoms with Crippen molar-refractivity contribution in [1.29, 1.82) is 0 Å². The second-order valence-electron chi connectivity index (χ2n) is 5.17. The zero-order valence-electron chi connectivity index (χ0n) is 11.2. The zero-order chi connectivity index (χ0) is 15.1. The average Bonchev–Trinajstić information content (AvgIpc) is 3.13. The first-order valence-electron chi connectivity index (χ1n) is 6.20. The van der Waals surface area contributed by atoms with Gasteiger partial charge in [-0.15, -0.1) is 0 Å². The highest BCUT2D eigenvalue weighted by molar-refractivity contribution is 9.10. The van der Waals surface area contributed by atoms with Gasteiger partial charge in [-0.05, 0) is 59.3 Å². The lowest BCUT2D eigenvalue weighted by Gasteiger charge is -2.18. The van der Waals surface area contributed by atoms with Gasteiger partial charge in [-0.3, -0.25) is 4.79 Å². The van der Waals surface area contributed by atoms with Gasteiger partial charge in [-0.2, -0.15) is 0 Å². The van der Waals surface area contributed by atoms with E-state index in [2.05, 4.69) is 15.9 Å². The summed E-state index contributed by atoms with van der Waals surface area (Å²) in [5, 5.41) is 0. The number of hydrogen-bond donors (Lipinski definition) is 0. The Morgan fingerprint density at radius 2 is 2.05 bits per heavy atom. The van der Waals surface area contributed by atoms with Gasteiger partial charge in [0.1, 0.15) is 0 Å². The Labute approximate surface area is 131 Å². The Morgan fingerprint density at radius 1 is 1.45 bits per heavy atom. The van der Waals surface area contributed by atoms with Crippen molar-refractivity contribution < 1.29 is 13.2 Å². The highest BCUT2D eigenvalue weighted by Crippen LogP contribution is 2.32. The molecule has 1 aromatic rings. The fourth-order valence-corrected chi connectivity index (χ4v) is 4.18. The molecule has 0 saturated heterocycles. The maximum atomic E-state index is 12.3. The van der Waals surface area contributed by atoms with E-state index >= 15 is 0 Å². The molecule has 0 bridgehead atoms. The summed E-state index contributed by atoms with van der Waals surface area (Å²) in [7, 11) is 3.24. The van der Waals surface area contributed by atoms with E-state index in [4.69, 9.17) is 10.7 Å². The predicted molar refractivity (Wildman–Crippen MR) is 81.6 cm³/mol. The molecule has 2 rings (SSSR count). The van der Waals surface area contributed by atoms with Gasteiger partial charge in [0.2, 0.25) is 0 Å². The van der Waals surface area contributed by atoms with E-state index in [1.807, 2.05) is 0 Å². The molecular formula is C13H15BrClNO3S. The van der Waals surface area contributed by atoms with Crippen LogP contribution >= 0.6 is 26.6 Å². The van der Waals surface area contributed by atoms with Gasteiger partial charge in [-0.1, -0.05) is 0 Å². The topological polar surface area (TPSA) is 54.5 Å². The van der Waals surface area contributed by atoms with Gasteiger partial charge in [0, 0.05) is 34.3 Å². The minimum atomic E-state index is -3.89. The molecule has 0 unspecified atom stereocenters. The smallest absolute Gasteiger partial charge is 0.262 e. The summed E-state index contributed by atoms with van der Waals surface area (Å²) in [6.45, 7) is 2.43. The molecule has 7 heteroatoms. The number of carbonyl (C=O) groups is 1. The summed E-state index contributed by atoms with van der Waals surface area (Å²) in [4.78, 5) is 13.9. The molecule has 4 nitrogen and oxygen atoms in total. The van der Waals surface area contributed by atoms with Crippen LogP contribution in [0.4, 0.5) is 0 Å². The first-order valence-corrected chi connectivity index (χ1v) is 9.30. The first kappa shape index (κ1) is 15.8. The molecule has 20 heavy (non-hydrogen) atoms. The number of amides is 1. The molecule has 110 valence electrons. The van der Waals surface area contributed by atoms with Crippen molar-refractivity contribution in [3.63, 3.8) is 0 Å². The third-order valence-corrected chi connectivity index (χ3v) is 5.97. The quantitative estimate of drug-likeness (QED) is 0.754. The number of aryl methyl sites for hydroxylation is 1. The number of carbonyl (C=O) groups excluding carboxylic acids is 1. The van der Waals surface area contributed by atoms with Crippen molar-refractivity contribution in [3.8, 4) is 0 Å². The number of rotatable bonds is 4. The van der Waals surface area contributed by atoms with E-state index in [9.17, 15) is 13.2 Å². The molecule has 1 amide bonds. The largest absolute Gasteiger partial charge is 0.341 e. The molecule has 0 N–H and O–H groups in total. The second kappa shape index (κ2) is 5.66. The molecule has 0 heterocycles. The van der Waals surface area contributed by atoms with Gasteiger partial charge < -0.3 is 4.90 Å². The average molecular weight is 381 g/mol. The summed E-state index contributed by atoms with van der Waals surface area (Å²) in [6, 6.07) is 2.99. The van der Waals surface area contributed by atoms with E-state index in [1.165, 1.54) is 6.07 Å². The van der Waals surface area contributed by atoms with Crippen LogP contribution in [0.2, 0.25) is 0 Å². The lowest BCUT2D eigenvalue weighted by Crippen LogP contribution is -2.29. The summed E-state index contributed by atoms with van der Waals surface area (Å²) >= 11 is 3.20. The van der Waals surface area contributed by atoms with Crippen LogP contribution in [0.15, 0.2) is 21.5 Å². The molecule has 0 aliphatic heterocycles. The third kappa shape index (κ3) is 3.54. The Hall–Kier alpha value is -0.590. The zero-order valence-corrected chi connectivity index (χ0v) is 14.3. The molecule has 1 aliphatic rings. The van der Waals surface area contributed by atoms with Crippen molar-refractivity contribution in [1.82, 2.24) is 4.90 Å². The number of nitrogens with zero attached hydrogens (tertiary/aromatic N) is 1. The highest BCUT2D eigenvalue weighted by atomic mass is 79.9. The Bertz CT molecular complexity index is 656. The van der Waals surface area contributed by atoms with Crippen molar-refractivity contribution in [2.75, 3.05) is 13.6 Å². The number of hydrogen-bond acceptors (Lipinski definition) is 3. The monoisotopic (exact) mass is 379 g/mol. The van der Waals surface area contributed by atoms with Crippen molar-refractivity contribution >= 4 is 41.6 Å². The molecule has 0 aromatic heterocycles. The molecule has 1 aromatic carbocycles. The number of halogens is 2. The number of benzene rings is 1. The standard InChI is InChI=1S/C13H15BrClNO3S/c1-8-5-10(6-11(12(8)14)20(15,18)19)13(17)16(2)7-9-3-4-9/h5-6,9H,3-4,7H2,1-2H3. The van der Waals surface area contributed by atoms with Gasteiger partial charge >= 0.3 is 0 Å². The second-order valence-corrected chi connectivity index (χ2v) is 8.50. The van der Waals surface area contributed by atoms with Crippen molar-refractivity contribution in [2.45, 2.75) is 24.7 Å². The van der Waals surface area contributed by atoms with E-state index in [0.717, 1.165) is 12.8 Å². The van der Waals surface area contributed by atoms with Crippen LogP contribution in [0.5, 0.6) is 0 Å². The van der Waals surface area contributed by atoms with E-state index in [0.29, 0.717) is 28.1 Å². The SMILES string of the molecule is Cc1cc(C(=O)N(C)CC2CC2)cc(S(=O)(=O)Cl)c1Br. The van der Waals surface area contributed by atoms with Crippen LogP contribution in [0.3, 0.4) is 0 Å². The fraction of sp³-hybridized carbons (Fsp3) is 0.462. The maximum absolute atomic E-state index is 12.3. The fourth-order valence-electron chi connectivity index (χ4n) is 2.03. The Kier molecular flexibility index (Phi) is 4.47. The molecule has 0 spiro atoms. The highest BCUT2D eigenvalue weighted by Gasteiger charge is 2.26. The van der Waals surface area contributed by atoms with E-state index in [1.54, 1.807) is 24.9 Å². The molecule has 1 aliphatic carbocycles. The Balaban J connectivity index is 2.36. The molecular weight excluding hydrogens is 366 g/mol. The lowest BCUT2D eigenvalue weighted by molar-refractivity contribution is 0.0788. The van der Waals surface area contributed by atoms with Crippen LogP contribution in [0.1, 0.15) is 28.8 Å². The summed E-state index contributed by atoms with van der Waals surface area (Å²) in [6.07, 6.45) is 2.30. The van der Waals surface area contributed by atoms with Gasteiger partial charge in [0.25, 0.3) is 15.0 Å². The van der Waals surface area contributed by atoms with Gasteiger partial charge in [0.15, 0.2) is 0 Å². The first-order chi connectivity index (χ1) is 9.20. The van der Waals surface area contributed by atoms with E-state index < -0.39 is 9.05 Å². The normalized spacial score (nSPS) is 15.2. The summed E-state index contributed by atoms with van der Waals surface area (Å²) in [5.41, 5.74) is 1.00.